The van der Waals surface area contributed by atoms with Crippen molar-refractivity contribution >= 4 is 11.7 Å². The zero-order valence-corrected chi connectivity index (χ0v) is 12.1. The average Bonchev–Trinajstić information content (AvgIpc) is 2.35. The highest BCUT2D eigenvalue weighted by Crippen LogP contribution is 2.20. The Morgan fingerprint density at radius 3 is 2.14 bits per heavy atom. The molecule has 1 rings (SSSR count). The number of aliphatic hydroxyl groups excluding tert-OH is 1. The first kappa shape index (κ1) is 17.3. The van der Waals surface area contributed by atoms with Gasteiger partial charge < -0.3 is 15.3 Å². The summed E-state index contributed by atoms with van der Waals surface area (Å²) >= 11 is 0. The normalized spacial score (nSPS) is 13.1. The number of alkyl halides is 3. The molecule has 0 saturated carbocycles. The van der Waals surface area contributed by atoms with Crippen LogP contribution in [0.25, 0.3) is 0 Å². The molecule has 0 aliphatic rings. The van der Waals surface area contributed by atoms with E-state index in [1.165, 1.54) is 26.0 Å². The van der Waals surface area contributed by atoms with Crippen LogP contribution in [0.15, 0.2) is 24.3 Å². The molecular formula is C14H19F3N2O2. The molecule has 0 saturated heterocycles. The van der Waals surface area contributed by atoms with Gasteiger partial charge in [0.05, 0.1) is 6.10 Å². The number of urea groups is 1. The molecule has 0 radical (unpaired) electrons. The van der Waals surface area contributed by atoms with Crippen molar-refractivity contribution in [3.05, 3.63) is 29.8 Å². The quantitative estimate of drug-likeness (QED) is 0.894. The maximum absolute atomic E-state index is 12.5. The molecule has 0 aliphatic heterocycles. The minimum atomic E-state index is -4.45. The van der Waals surface area contributed by atoms with Gasteiger partial charge in [-0.05, 0) is 38.5 Å². The van der Waals surface area contributed by atoms with E-state index in [0.29, 0.717) is 16.2 Å². The summed E-state index contributed by atoms with van der Waals surface area (Å²) in [6.45, 7) is 3.32. The number of halogens is 3. The number of anilines is 1. The van der Waals surface area contributed by atoms with E-state index in [-0.39, 0.29) is 0 Å². The Kier molecular flexibility index (Phi) is 5.60. The standard InChI is InChI=1S/C14H19F3N2O2/c1-9(2)19(8-14(15,16)17)13(21)18-12-6-4-11(5-7-12)10(3)20/h4-7,9-10,20H,8H2,1-3H3,(H,18,21). The third kappa shape index (κ3) is 5.63. The first-order chi connectivity index (χ1) is 9.60. The molecule has 1 unspecified atom stereocenters. The van der Waals surface area contributed by atoms with Crippen molar-refractivity contribution < 1.29 is 23.1 Å². The Morgan fingerprint density at radius 2 is 1.76 bits per heavy atom. The Hall–Kier alpha value is -1.76. The summed E-state index contributed by atoms with van der Waals surface area (Å²) in [5, 5.41) is 11.8. The second-order valence-electron chi connectivity index (χ2n) is 5.06. The van der Waals surface area contributed by atoms with E-state index in [1.807, 2.05) is 0 Å². The van der Waals surface area contributed by atoms with E-state index in [0.717, 1.165) is 0 Å². The lowest BCUT2D eigenvalue weighted by molar-refractivity contribution is -0.142. The van der Waals surface area contributed by atoms with Gasteiger partial charge in [-0.3, -0.25) is 0 Å². The average molecular weight is 304 g/mol. The smallest absolute Gasteiger partial charge is 0.389 e. The second-order valence-corrected chi connectivity index (χ2v) is 5.06. The molecule has 1 aromatic rings. The van der Waals surface area contributed by atoms with Gasteiger partial charge in [-0.25, -0.2) is 4.79 Å². The molecule has 1 aromatic carbocycles. The van der Waals surface area contributed by atoms with Crippen molar-refractivity contribution in [2.75, 3.05) is 11.9 Å². The zero-order valence-electron chi connectivity index (χ0n) is 12.1. The Bertz CT molecular complexity index is 470. The number of hydrogen-bond acceptors (Lipinski definition) is 2. The Morgan fingerprint density at radius 1 is 1.24 bits per heavy atom. The summed E-state index contributed by atoms with van der Waals surface area (Å²) in [7, 11) is 0. The lowest BCUT2D eigenvalue weighted by Gasteiger charge is -2.27. The molecule has 1 atom stereocenters. The van der Waals surface area contributed by atoms with Crippen molar-refractivity contribution in [3.8, 4) is 0 Å². The second kappa shape index (κ2) is 6.80. The Labute approximate surface area is 121 Å². The lowest BCUT2D eigenvalue weighted by atomic mass is 10.1. The minimum absolute atomic E-state index is 0.372. The highest BCUT2D eigenvalue weighted by molar-refractivity contribution is 5.89. The fourth-order valence-corrected chi connectivity index (χ4v) is 1.72. The van der Waals surface area contributed by atoms with E-state index < -0.39 is 30.9 Å². The summed E-state index contributed by atoms with van der Waals surface area (Å²) in [6.07, 6.45) is -5.09. The van der Waals surface area contributed by atoms with Crippen LogP contribution in [0.5, 0.6) is 0 Å². The highest BCUT2D eigenvalue weighted by Gasteiger charge is 2.34. The van der Waals surface area contributed by atoms with Crippen LogP contribution >= 0.6 is 0 Å². The van der Waals surface area contributed by atoms with Crippen LogP contribution in [0.2, 0.25) is 0 Å². The van der Waals surface area contributed by atoms with Gasteiger partial charge in [-0.2, -0.15) is 13.2 Å². The molecule has 0 aromatic heterocycles. The van der Waals surface area contributed by atoms with Gasteiger partial charge in [-0.15, -0.1) is 0 Å². The number of benzene rings is 1. The van der Waals surface area contributed by atoms with Crippen molar-refractivity contribution in [1.82, 2.24) is 4.90 Å². The van der Waals surface area contributed by atoms with Crippen LogP contribution in [0.1, 0.15) is 32.4 Å². The van der Waals surface area contributed by atoms with Gasteiger partial charge in [0, 0.05) is 11.7 Å². The molecule has 118 valence electrons. The third-order valence-electron chi connectivity index (χ3n) is 2.88. The van der Waals surface area contributed by atoms with Gasteiger partial charge in [-0.1, -0.05) is 12.1 Å². The highest BCUT2D eigenvalue weighted by atomic mass is 19.4. The molecule has 0 bridgehead atoms. The molecule has 4 nitrogen and oxygen atoms in total. The molecule has 2 N–H and O–H groups in total. The first-order valence-corrected chi connectivity index (χ1v) is 6.52. The number of nitrogens with zero attached hydrogens (tertiary/aromatic N) is 1. The monoisotopic (exact) mass is 304 g/mol. The summed E-state index contributed by atoms with van der Waals surface area (Å²) in [4.78, 5) is 12.6. The molecule has 0 heterocycles. The van der Waals surface area contributed by atoms with E-state index in [1.54, 1.807) is 19.1 Å². The van der Waals surface area contributed by atoms with Crippen LogP contribution in [-0.4, -0.2) is 34.8 Å². The van der Waals surface area contributed by atoms with Crippen molar-refractivity contribution in [3.63, 3.8) is 0 Å². The van der Waals surface area contributed by atoms with Crippen molar-refractivity contribution in [2.24, 2.45) is 0 Å². The number of nitrogens with one attached hydrogen (secondary N) is 1. The van der Waals surface area contributed by atoms with Crippen LogP contribution in [0.4, 0.5) is 23.7 Å². The topological polar surface area (TPSA) is 52.6 Å². The van der Waals surface area contributed by atoms with Crippen molar-refractivity contribution in [2.45, 2.75) is 39.1 Å². The van der Waals surface area contributed by atoms with Crippen LogP contribution < -0.4 is 5.32 Å². The van der Waals surface area contributed by atoms with Gasteiger partial charge in [0.25, 0.3) is 0 Å². The fraction of sp³-hybridized carbons (Fsp3) is 0.500. The van der Waals surface area contributed by atoms with Gasteiger partial charge in [0.2, 0.25) is 0 Å². The van der Waals surface area contributed by atoms with E-state index in [4.69, 9.17) is 0 Å². The maximum Gasteiger partial charge on any atom is 0.406 e. The summed E-state index contributed by atoms with van der Waals surface area (Å²) in [5.41, 5.74) is 1.03. The maximum atomic E-state index is 12.5. The Balaban J connectivity index is 2.77. The van der Waals surface area contributed by atoms with Crippen LogP contribution in [0.3, 0.4) is 0 Å². The van der Waals surface area contributed by atoms with Crippen LogP contribution in [-0.2, 0) is 0 Å². The largest absolute Gasteiger partial charge is 0.406 e. The van der Waals surface area contributed by atoms with Gasteiger partial charge in [0.1, 0.15) is 6.54 Å². The molecule has 7 heteroatoms. The number of carbonyl (C=O) groups is 1. The summed E-state index contributed by atoms with van der Waals surface area (Å²) in [6, 6.07) is 4.88. The number of aliphatic hydroxyl groups is 1. The molecule has 2 amide bonds. The zero-order chi connectivity index (χ0) is 16.2. The van der Waals surface area contributed by atoms with Gasteiger partial charge >= 0.3 is 12.2 Å². The molecule has 21 heavy (non-hydrogen) atoms. The van der Waals surface area contributed by atoms with E-state index >= 15 is 0 Å². The number of rotatable bonds is 4. The summed E-state index contributed by atoms with van der Waals surface area (Å²) in [5.74, 6) is 0. The first-order valence-electron chi connectivity index (χ1n) is 6.52. The molecule has 0 fully saturated rings. The SMILES string of the molecule is CC(O)c1ccc(NC(=O)N(CC(F)(F)F)C(C)C)cc1. The summed E-state index contributed by atoms with van der Waals surface area (Å²) < 4.78 is 37.4. The number of amides is 2. The lowest BCUT2D eigenvalue weighted by Crippen LogP contribution is -2.45. The minimum Gasteiger partial charge on any atom is -0.389 e. The van der Waals surface area contributed by atoms with Gasteiger partial charge in [0.15, 0.2) is 0 Å². The van der Waals surface area contributed by atoms with Crippen LogP contribution in [0, 0.1) is 0 Å². The van der Waals surface area contributed by atoms with E-state index in [2.05, 4.69) is 5.32 Å². The predicted octanol–water partition coefficient (Wildman–Crippen LogP) is 3.54. The molecule has 0 aliphatic carbocycles. The van der Waals surface area contributed by atoms with Crippen molar-refractivity contribution in [1.29, 1.82) is 0 Å². The molecular weight excluding hydrogens is 285 g/mol. The molecule has 0 spiro atoms. The van der Waals surface area contributed by atoms with E-state index in [9.17, 15) is 23.1 Å². The predicted molar refractivity (Wildman–Crippen MR) is 74.0 cm³/mol. The number of carbonyl (C=O) groups excluding carboxylic acids is 1. The fourth-order valence-electron chi connectivity index (χ4n) is 1.72. The number of hydrogen-bond donors (Lipinski definition) is 2. The third-order valence-corrected chi connectivity index (χ3v) is 2.88.